The average molecular weight is 290 g/mol. The van der Waals surface area contributed by atoms with Gasteiger partial charge < -0.3 is 9.72 Å². The Kier molecular flexibility index (Phi) is 2.72. The van der Waals surface area contributed by atoms with Crippen molar-refractivity contribution in [2.45, 2.75) is 0 Å². The van der Waals surface area contributed by atoms with Crippen LogP contribution in [-0.2, 0) is 4.74 Å². The van der Waals surface area contributed by atoms with Crippen molar-refractivity contribution in [3.63, 3.8) is 0 Å². The van der Waals surface area contributed by atoms with Gasteiger partial charge in [-0.05, 0) is 18.2 Å². The molecule has 1 aliphatic rings. The molecule has 0 aliphatic heterocycles. The van der Waals surface area contributed by atoms with Gasteiger partial charge >= 0.3 is 0 Å². The zero-order valence-electron chi connectivity index (χ0n) is 10.3. The molecule has 1 aliphatic carbocycles. The van der Waals surface area contributed by atoms with Gasteiger partial charge in [-0.1, -0.05) is 11.6 Å². The number of ketones is 2. The van der Waals surface area contributed by atoms with Gasteiger partial charge in [0.15, 0.2) is 5.76 Å². The number of halogens is 1. The molecule has 1 aromatic heterocycles. The fourth-order valence-corrected chi connectivity index (χ4v) is 2.36. The van der Waals surface area contributed by atoms with Crippen LogP contribution in [-0.4, -0.2) is 23.7 Å². The summed E-state index contributed by atoms with van der Waals surface area (Å²) in [7, 11) is 1.27. The topological polar surface area (TPSA) is 76.2 Å². The molecule has 0 saturated heterocycles. The molecule has 1 aromatic carbocycles. The number of H-pyrrole nitrogens is 1. The molecule has 0 fully saturated rings. The van der Waals surface area contributed by atoms with Crippen LogP contribution in [0.15, 0.2) is 34.8 Å². The quantitative estimate of drug-likeness (QED) is 0.872. The molecule has 20 heavy (non-hydrogen) atoms. The lowest BCUT2D eigenvalue weighted by molar-refractivity contribution is 0.0913. The molecule has 0 saturated carbocycles. The number of nitrogens with one attached hydrogen (secondary N) is 1. The second-order valence-electron chi connectivity index (χ2n) is 4.30. The number of hydrogen-bond donors (Lipinski definition) is 1. The summed E-state index contributed by atoms with van der Waals surface area (Å²) >= 11 is 5.85. The molecule has 0 radical (unpaired) electrons. The Labute approximate surface area is 117 Å². The number of fused-ring (bicyclic) bond motifs is 2. The van der Waals surface area contributed by atoms with E-state index >= 15 is 0 Å². The van der Waals surface area contributed by atoms with Crippen LogP contribution in [0.1, 0.15) is 20.8 Å². The van der Waals surface area contributed by atoms with E-state index in [1.807, 2.05) is 0 Å². The van der Waals surface area contributed by atoms with E-state index in [1.54, 1.807) is 12.1 Å². The van der Waals surface area contributed by atoms with Crippen LogP contribution in [0, 0.1) is 0 Å². The minimum Gasteiger partial charge on any atom is -0.492 e. The molecule has 6 heteroatoms. The van der Waals surface area contributed by atoms with E-state index in [9.17, 15) is 14.4 Å². The fourth-order valence-electron chi connectivity index (χ4n) is 2.19. The normalized spacial score (nSPS) is 14.2. The van der Waals surface area contributed by atoms with Gasteiger partial charge in [0.1, 0.15) is 11.3 Å². The summed E-state index contributed by atoms with van der Waals surface area (Å²) in [4.78, 5) is 39.3. The molecule has 100 valence electrons. The van der Waals surface area contributed by atoms with Gasteiger partial charge in [-0.2, -0.15) is 0 Å². The van der Waals surface area contributed by atoms with Crippen molar-refractivity contribution in [1.29, 1.82) is 0 Å². The Bertz CT molecular complexity index is 863. The second kappa shape index (κ2) is 4.31. The van der Waals surface area contributed by atoms with E-state index in [0.717, 1.165) is 6.08 Å². The minimum atomic E-state index is -0.606. The van der Waals surface area contributed by atoms with Crippen LogP contribution < -0.4 is 5.43 Å². The summed E-state index contributed by atoms with van der Waals surface area (Å²) in [6.07, 6.45) is 1.07. The van der Waals surface area contributed by atoms with Gasteiger partial charge in [0.25, 0.3) is 0 Å². The predicted octanol–water partition coefficient (Wildman–Crippen LogP) is 2.09. The molecule has 3 rings (SSSR count). The first-order chi connectivity index (χ1) is 9.52. The Morgan fingerprint density at radius 2 is 1.95 bits per heavy atom. The molecule has 2 aromatic rings. The SMILES string of the molecule is COC1=CC(=O)c2[nH]c3ccc(Cl)cc3c(=O)c2C1=O. The van der Waals surface area contributed by atoms with Crippen molar-refractivity contribution in [3.8, 4) is 0 Å². The lowest BCUT2D eigenvalue weighted by atomic mass is 9.96. The first-order valence-corrected chi connectivity index (χ1v) is 6.11. The summed E-state index contributed by atoms with van der Waals surface area (Å²) in [6.45, 7) is 0. The van der Waals surface area contributed by atoms with E-state index in [0.29, 0.717) is 10.5 Å². The molecule has 5 nitrogen and oxygen atoms in total. The second-order valence-corrected chi connectivity index (χ2v) is 4.74. The number of ether oxygens (including phenoxy) is 1. The highest BCUT2D eigenvalue weighted by Gasteiger charge is 2.30. The molecule has 0 atom stereocenters. The number of methoxy groups -OCH3 is 1. The monoisotopic (exact) mass is 289 g/mol. The van der Waals surface area contributed by atoms with Crippen LogP contribution in [0.25, 0.3) is 10.9 Å². The molecule has 0 spiro atoms. The van der Waals surface area contributed by atoms with Crippen LogP contribution in [0.4, 0.5) is 0 Å². The van der Waals surface area contributed by atoms with Gasteiger partial charge in [0.2, 0.25) is 17.0 Å². The zero-order chi connectivity index (χ0) is 14.4. The standard InChI is InChI=1S/C14H8ClNO4/c1-20-10-5-9(17)12-11(14(10)19)13(18)7-4-6(15)2-3-8(7)16-12/h2-5H,1H3,(H,16,18). The summed E-state index contributed by atoms with van der Waals surface area (Å²) in [6, 6.07) is 4.64. The Morgan fingerprint density at radius 1 is 1.20 bits per heavy atom. The summed E-state index contributed by atoms with van der Waals surface area (Å²) in [5.74, 6) is -1.22. The number of aromatic amines is 1. The third-order valence-electron chi connectivity index (χ3n) is 3.14. The van der Waals surface area contributed by atoms with Crippen molar-refractivity contribution >= 4 is 34.1 Å². The maximum absolute atomic E-state index is 12.4. The highest BCUT2D eigenvalue weighted by molar-refractivity contribution is 6.31. The molecule has 0 unspecified atom stereocenters. The molecule has 1 N–H and O–H groups in total. The number of aromatic nitrogens is 1. The third-order valence-corrected chi connectivity index (χ3v) is 3.38. The Morgan fingerprint density at radius 3 is 2.65 bits per heavy atom. The van der Waals surface area contributed by atoms with Gasteiger partial charge in [-0.25, -0.2) is 0 Å². The number of Topliss-reactive ketones (excluding diaryl/α,β-unsaturated/α-hetero) is 1. The van der Waals surface area contributed by atoms with Gasteiger partial charge in [0.05, 0.1) is 7.11 Å². The van der Waals surface area contributed by atoms with Crippen molar-refractivity contribution < 1.29 is 14.3 Å². The summed E-state index contributed by atoms with van der Waals surface area (Å²) in [5, 5.41) is 0.634. The lowest BCUT2D eigenvalue weighted by Crippen LogP contribution is -2.27. The first kappa shape index (κ1) is 12.6. The number of rotatable bonds is 1. The largest absolute Gasteiger partial charge is 0.492 e. The Balaban J connectivity index is 2.43. The summed E-state index contributed by atoms with van der Waals surface area (Å²) in [5.41, 5.74) is -0.300. The number of pyridine rings is 1. The van der Waals surface area contributed by atoms with Gasteiger partial charge in [-0.15, -0.1) is 0 Å². The van der Waals surface area contributed by atoms with E-state index < -0.39 is 17.0 Å². The van der Waals surface area contributed by atoms with Gasteiger partial charge in [0, 0.05) is 22.0 Å². The number of hydrogen-bond acceptors (Lipinski definition) is 4. The highest BCUT2D eigenvalue weighted by Crippen LogP contribution is 2.22. The van der Waals surface area contributed by atoms with Crippen molar-refractivity contribution in [2.24, 2.45) is 0 Å². The zero-order valence-corrected chi connectivity index (χ0v) is 11.1. The third kappa shape index (κ3) is 1.67. The van der Waals surface area contributed by atoms with E-state index in [1.165, 1.54) is 13.2 Å². The Hall–Kier alpha value is -2.40. The lowest BCUT2D eigenvalue weighted by Gasteiger charge is -2.14. The van der Waals surface area contributed by atoms with Crippen LogP contribution in [0.3, 0.4) is 0 Å². The molecule has 1 heterocycles. The van der Waals surface area contributed by atoms with Crippen molar-refractivity contribution in [2.75, 3.05) is 7.11 Å². The molecule has 0 amide bonds. The van der Waals surface area contributed by atoms with Crippen molar-refractivity contribution in [1.82, 2.24) is 4.98 Å². The maximum Gasteiger partial charge on any atom is 0.233 e. The molecular formula is C14H8ClNO4. The maximum atomic E-state index is 12.4. The van der Waals surface area contributed by atoms with E-state index in [2.05, 4.69) is 4.98 Å². The van der Waals surface area contributed by atoms with Crippen LogP contribution in [0.5, 0.6) is 0 Å². The summed E-state index contributed by atoms with van der Waals surface area (Å²) < 4.78 is 4.83. The fraction of sp³-hybridized carbons (Fsp3) is 0.0714. The van der Waals surface area contributed by atoms with Crippen LogP contribution >= 0.6 is 11.6 Å². The first-order valence-electron chi connectivity index (χ1n) is 5.73. The number of carbonyl (C=O) groups excluding carboxylic acids is 2. The number of allylic oxidation sites excluding steroid dienone is 2. The minimum absolute atomic E-state index is 0.0179. The van der Waals surface area contributed by atoms with Crippen molar-refractivity contribution in [3.05, 3.63) is 56.5 Å². The van der Waals surface area contributed by atoms with E-state index in [4.69, 9.17) is 16.3 Å². The number of carbonyl (C=O) groups is 2. The predicted molar refractivity (Wildman–Crippen MR) is 73.3 cm³/mol. The molecular weight excluding hydrogens is 282 g/mol. The highest BCUT2D eigenvalue weighted by atomic mass is 35.5. The van der Waals surface area contributed by atoms with Gasteiger partial charge in [-0.3, -0.25) is 14.4 Å². The van der Waals surface area contributed by atoms with Crippen LogP contribution in [0.2, 0.25) is 5.02 Å². The van der Waals surface area contributed by atoms with E-state index in [-0.39, 0.29) is 22.4 Å². The smallest absolute Gasteiger partial charge is 0.233 e. The molecule has 0 bridgehead atoms. The average Bonchev–Trinajstić information content (AvgIpc) is 2.43. The number of benzene rings is 1.